The molecule has 0 aliphatic rings. The van der Waals surface area contributed by atoms with Gasteiger partial charge in [-0.05, 0) is 42.8 Å². The third-order valence-corrected chi connectivity index (χ3v) is 6.20. The molecule has 0 aromatic heterocycles. The number of rotatable bonds is 5. The molecular formula is C16H16BrF2NO3S. The summed E-state index contributed by atoms with van der Waals surface area (Å²) in [6.45, 7) is 1.59. The van der Waals surface area contributed by atoms with Gasteiger partial charge in [-0.3, -0.25) is 0 Å². The van der Waals surface area contributed by atoms with Crippen LogP contribution < -0.4 is 4.74 Å². The van der Waals surface area contributed by atoms with Crippen molar-refractivity contribution in [1.29, 1.82) is 0 Å². The van der Waals surface area contributed by atoms with E-state index in [9.17, 15) is 17.2 Å². The van der Waals surface area contributed by atoms with Crippen molar-refractivity contribution in [3.8, 4) is 5.75 Å². The van der Waals surface area contributed by atoms with Gasteiger partial charge >= 0.3 is 0 Å². The Labute approximate surface area is 148 Å². The van der Waals surface area contributed by atoms with Gasteiger partial charge in [-0.2, -0.15) is 4.31 Å². The van der Waals surface area contributed by atoms with Gasteiger partial charge < -0.3 is 4.74 Å². The molecule has 0 radical (unpaired) electrons. The van der Waals surface area contributed by atoms with E-state index in [1.807, 2.05) is 0 Å². The zero-order valence-electron chi connectivity index (χ0n) is 13.3. The van der Waals surface area contributed by atoms with E-state index in [4.69, 9.17) is 4.74 Å². The van der Waals surface area contributed by atoms with Crippen LogP contribution in [0.4, 0.5) is 8.78 Å². The first kappa shape index (κ1) is 18.8. The van der Waals surface area contributed by atoms with Crippen molar-refractivity contribution < 1.29 is 21.9 Å². The van der Waals surface area contributed by atoms with E-state index < -0.39 is 27.7 Å². The van der Waals surface area contributed by atoms with Crippen LogP contribution in [0.2, 0.25) is 0 Å². The molecule has 1 atom stereocenters. The molecule has 4 nitrogen and oxygen atoms in total. The lowest BCUT2D eigenvalue weighted by Gasteiger charge is -2.25. The predicted octanol–water partition coefficient (Wildman–Crippen LogP) is 4.12. The third kappa shape index (κ3) is 3.60. The molecule has 0 saturated carbocycles. The summed E-state index contributed by atoms with van der Waals surface area (Å²) in [5.74, 6) is -1.81. The zero-order chi connectivity index (χ0) is 18.1. The van der Waals surface area contributed by atoms with E-state index in [2.05, 4.69) is 15.9 Å². The molecule has 0 fully saturated rings. The highest BCUT2D eigenvalue weighted by Crippen LogP contribution is 2.33. The fourth-order valence-electron chi connectivity index (χ4n) is 2.20. The topological polar surface area (TPSA) is 46.6 Å². The molecule has 0 aliphatic carbocycles. The fourth-order valence-corrected chi connectivity index (χ4v) is 4.24. The van der Waals surface area contributed by atoms with Crippen molar-refractivity contribution in [2.45, 2.75) is 17.9 Å². The Hall–Kier alpha value is -1.51. The number of sulfonamides is 1. The second-order valence-corrected chi connectivity index (χ2v) is 8.05. The summed E-state index contributed by atoms with van der Waals surface area (Å²) in [6, 6.07) is 7.25. The largest absolute Gasteiger partial charge is 0.495 e. The third-order valence-electron chi connectivity index (χ3n) is 3.75. The molecule has 0 bridgehead atoms. The number of ether oxygens (including phenoxy) is 1. The van der Waals surface area contributed by atoms with E-state index in [1.54, 1.807) is 13.0 Å². The maximum absolute atomic E-state index is 13.4. The second-order valence-electron chi connectivity index (χ2n) is 5.17. The fraction of sp³-hybridized carbons (Fsp3) is 0.250. The van der Waals surface area contributed by atoms with Crippen LogP contribution in [0.15, 0.2) is 45.8 Å². The Balaban J connectivity index is 2.45. The van der Waals surface area contributed by atoms with Gasteiger partial charge in [0, 0.05) is 17.6 Å². The molecule has 8 heteroatoms. The van der Waals surface area contributed by atoms with Crippen molar-refractivity contribution in [2.75, 3.05) is 14.2 Å². The SMILES string of the molecule is COc1ccc(Br)cc1S(=O)(=O)N(C)C(C)c1ccc(F)c(F)c1. The first-order chi connectivity index (χ1) is 11.2. The molecule has 0 amide bonds. The monoisotopic (exact) mass is 419 g/mol. The quantitative estimate of drug-likeness (QED) is 0.732. The normalized spacial score (nSPS) is 13.1. The Morgan fingerprint density at radius 2 is 1.79 bits per heavy atom. The second kappa shape index (κ2) is 7.16. The highest BCUT2D eigenvalue weighted by molar-refractivity contribution is 9.10. The van der Waals surface area contributed by atoms with Crippen molar-refractivity contribution >= 4 is 26.0 Å². The number of methoxy groups -OCH3 is 1. The molecule has 2 rings (SSSR count). The Morgan fingerprint density at radius 3 is 2.38 bits per heavy atom. The summed E-state index contributed by atoms with van der Waals surface area (Å²) in [5, 5.41) is 0. The smallest absolute Gasteiger partial charge is 0.247 e. The van der Waals surface area contributed by atoms with E-state index in [1.165, 1.54) is 32.4 Å². The van der Waals surface area contributed by atoms with Gasteiger partial charge in [-0.1, -0.05) is 22.0 Å². The number of hydrogen-bond acceptors (Lipinski definition) is 3. The van der Waals surface area contributed by atoms with Crippen LogP contribution >= 0.6 is 15.9 Å². The highest BCUT2D eigenvalue weighted by Gasteiger charge is 2.29. The molecule has 0 spiro atoms. The van der Waals surface area contributed by atoms with Gasteiger partial charge in [0.05, 0.1) is 7.11 Å². The van der Waals surface area contributed by atoms with E-state index in [0.29, 0.717) is 10.0 Å². The minimum Gasteiger partial charge on any atom is -0.495 e. The summed E-state index contributed by atoms with van der Waals surface area (Å²) < 4.78 is 59.1. The Morgan fingerprint density at radius 1 is 1.12 bits per heavy atom. The lowest BCUT2D eigenvalue weighted by atomic mass is 10.1. The molecule has 0 saturated heterocycles. The predicted molar refractivity (Wildman–Crippen MR) is 90.4 cm³/mol. The van der Waals surface area contributed by atoms with Gasteiger partial charge in [0.1, 0.15) is 10.6 Å². The van der Waals surface area contributed by atoms with Gasteiger partial charge in [-0.25, -0.2) is 17.2 Å². The first-order valence-corrected chi connectivity index (χ1v) is 9.18. The molecule has 130 valence electrons. The van der Waals surface area contributed by atoms with Gasteiger partial charge in [-0.15, -0.1) is 0 Å². The van der Waals surface area contributed by atoms with Crippen molar-refractivity contribution in [1.82, 2.24) is 4.31 Å². The lowest BCUT2D eigenvalue weighted by Crippen LogP contribution is -2.30. The average molecular weight is 420 g/mol. The van der Waals surface area contributed by atoms with E-state index in [0.717, 1.165) is 16.4 Å². The molecule has 2 aromatic rings. The summed E-state index contributed by atoms with van der Waals surface area (Å²) in [6.07, 6.45) is 0. The molecule has 2 aromatic carbocycles. The lowest BCUT2D eigenvalue weighted by molar-refractivity contribution is 0.380. The maximum atomic E-state index is 13.4. The van der Waals surface area contributed by atoms with Crippen LogP contribution in [0.1, 0.15) is 18.5 Å². The van der Waals surface area contributed by atoms with E-state index in [-0.39, 0.29) is 10.6 Å². The zero-order valence-corrected chi connectivity index (χ0v) is 15.7. The van der Waals surface area contributed by atoms with Crippen LogP contribution in [-0.4, -0.2) is 26.9 Å². The van der Waals surface area contributed by atoms with Crippen LogP contribution in [0.25, 0.3) is 0 Å². The summed E-state index contributed by atoms with van der Waals surface area (Å²) in [4.78, 5) is -0.0173. The maximum Gasteiger partial charge on any atom is 0.247 e. The number of nitrogens with zero attached hydrogens (tertiary/aromatic N) is 1. The van der Waals surface area contributed by atoms with Crippen molar-refractivity contribution in [3.05, 3.63) is 58.1 Å². The van der Waals surface area contributed by atoms with Gasteiger partial charge in [0.2, 0.25) is 10.0 Å². The minimum atomic E-state index is -3.91. The van der Waals surface area contributed by atoms with Crippen LogP contribution in [0, 0.1) is 11.6 Å². The van der Waals surface area contributed by atoms with E-state index >= 15 is 0 Å². The number of halogens is 3. The Kier molecular flexibility index (Phi) is 5.62. The van der Waals surface area contributed by atoms with Crippen molar-refractivity contribution in [2.24, 2.45) is 0 Å². The average Bonchev–Trinajstić information content (AvgIpc) is 2.55. The molecule has 24 heavy (non-hydrogen) atoms. The molecule has 0 heterocycles. The summed E-state index contributed by atoms with van der Waals surface area (Å²) in [7, 11) is -1.16. The van der Waals surface area contributed by atoms with Crippen molar-refractivity contribution in [3.63, 3.8) is 0 Å². The molecular weight excluding hydrogens is 404 g/mol. The number of benzene rings is 2. The number of hydrogen-bond donors (Lipinski definition) is 0. The van der Waals surface area contributed by atoms with Gasteiger partial charge in [0.25, 0.3) is 0 Å². The molecule has 0 aliphatic heterocycles. The van der Waals surface area contributed by atoms with Crippen LogP contribution in [0.3, 0.4) is 0 Å². The minimum absolute atomic E-state index is 0.0173. The summed E-state index contributed by atoms with van der Waals surface area (Å²) >= 11 is 3.24. The summed E-state index contributed by atoms with van der Waals surface area (Å²) in [5.41, 5.74) is 0.342. The van der Waals surface area contributed by atoms with Crippen LogP contribution in [0.5, 0.6) is 5.75 Å². The highest BCUT2D eigenvalue weighted by atomic mass is 79.9. The Bertz CT molecular complexity index is 858. The first-order valence-electron chi connectivity index (χ1n) is 6.95. The molecule has 1 unspecified atom stereocenters. The van der Waals surface area contributed by atoms with Crippen LogP contribution in [-0.2, 0) is 10.0 Å². The van der Waals surface area contributed by atoms with Gasteiger partial charge in [0.15, 0.2) is 11.6 Å². The standard InChI is InChI=1S/C16H16BrF2NO3S/c1-10(11-4-6-13(18)14(19)8-11)20(2)24(21,22)16-9-12(17)5-7-15(16)23-3/h4-10H,1-3H3. The molecule has 0 N–H and O–H groups in total.